The lowest BCUT2D eigenvalue weighted by Crippen LogP contribution is -2.20. The molecule has 5 heteroatoms. The summed E-state index contributed by atoms with van der Waals surface area (Å²) in [6.45, 7) is 1.70. The van der Waals surface area contributed by atoms with E-state index in [-0.39, 0.29) is 18.0 Å². The first-order valence-corrected chi connectivity index (χ1v) is 3.82. The highest BCUT2D eigenvalue weighted by Crippen LogP contribution is 2.21. The number of aryl methyl sites for hydroxylation is 1. The van der Waals surface area contributed by atoms with Crippen molar-refractivity contribution < 1.29 is 13.2 Å². The van der Waals surface area contributed by atoms with E-state index < -0.39 is 18.3 Å². The van der Waals surface area contributed by atoms with Crippen molar-refractivity contribution in [2.24, 2.45) is 5.73 Å². The van der Waals surface area contributed by atoms with Gasteiger partial charge in [-0.2, -0.15) is 0 Å². The molecule has 1 nitrogen and oxygen atoms in total. The molecule has 80 valence electrons. The molecule has 0 fully saturated rings. The second-order valence-corrected chi connectivity index (χ2v) is 2.89. The van der Waals surface area contributed by atoms with Gasteiger partial charge in [-0.05, 0) is 13.0 Å². The topological polar surface area (TPSA) is 26.0 Å². The van der Waals surface area contributed by atoms with Gasteiger partial charge in [0, 0.05) is 5.56 Å². The molecule has 1 rings (SSSR count). The highest BCUT2D eigenvalue weighted by Gasteiger charge is 2.20. The fourth-order valence-electron chi connectivity index (χ4n) is 1.05. The van der Waals surface area contributed by atoms with Gasteiger partial charge in [0.2, 0.25) is 0 Å². The van der Waals surface area contributed by atoms with E-state index in [1.807, 2.05) is 0 Å². The van der Waals surface area contributed by atoms with E-state index in [2.05, 4.69) is 0 Å². The molecule has 0 aromatic heterocycles. The summed E-state index contributed by atoms with van der Waals surface area (Å²) in [7, 11) is 0. The first kappa shape index (κ1) is 13.3. The largest absolute Gasteiger partial charge is 0.319 e. The Kier molecular flexibility index (Phi) is 4.94. The van der Waals surface area contributed by atoms with Gasteiger partial charge in [-0.15, -0.1) is 12.4 Å². The molecule has 0 aliphatic rings. The van der Waals surface area contributed by atoms with Crippen LogP contribution in [0, 0.1) is 12.7 Å². The number of benzene rings is 1. The van der Waals surface area contributed by atoms with Gasteiger partial charge in [0.25, 0.3) is 6.43 Å². The summed E-state index contributed by atoms with van der Waals surface area (Å²) < 4.78 is 37.2. The summed E-state index contributed by atoms with van der Waals surface area (Å²) in [5.41, 5.74) is 5.70. The summed E-state index contributed by atoms with van der Waals surface area (Å²) in [5.74, 6) is -0.682. The minimum absolute atomic E-state index is 0. The first-order valence-electron chi connectivity index (χ1n) is 3.82. The summed E-state index contributed by atoms with van der Waals surface area (Å²) in [6, 6.07) is 2.45. The van der Waals surface area contributed by atoms with Crippen LogP contribution in [-0.4, -0.2) is 6.43 Å². The van der Waals surface area contributed by atoms with Crippen LogP contribution in [0.3, 0.4) is 0 Å². The molecule has 0 spiro atoms. The van der Waals surface area contributed by atoms with E-state index in [4.69, 9.17) is 5.73 Å². The smallest absolute Gasteiger partial charge is 0.257 e. The van der Waals surface area contributed by atoms with Gasteiger partial charge < -0.3 is 5.73 Å². The molecular weight excluding hydrogens is 215 g/mol. The van der Waals surface area contributed by atoms with Crippen LogP contribution in [0.15, 0.2) is 18.2 Å². The lowest BCUT2D eigenvalue weighted by Gasteiger charge is -2.12. The minimum Gasteiger partial charge on any atom is -0.319 e. The van der Waals surface area contributed by atoms with Crippen LogP contribution in [-0.2, 0) is 0 Å². The molecule has 0 aliphatic heterocycles. The first-order chi connectivity index (χ1) is 6.02. The number of nitrogens with two attached hydrogens (primary N) is 1. The van der Waals surface area contributed by atoms with Gasteiger partial charge >= 0.3 is 0 Å². The molecule has 0 unspecified atom stereocenters. The van der Waals surface area contributed by atoms with Crippen molar-refractivity contribution >= 4 is 12.4 Å². The maximum Gasteiger partial charge on any atom is 0.257 e. The molecule has 14 heavy (non-hydrogen) atoms. The van der Waals surface area contributed by atoms with Gasteiger partial charge in [0.05, 0.1) is 6.04 Å². The van der Waals surface area contributed by atoms with Crippen LogP contribution in [0.2, 0.25) is 0 Å². The van der Waals surface area contributed by atoms with Crippen LogP contribution < -0.4 is 5.73 Å². The monoisotopic (exact) mass is 225 g/mol. The summed E-state index contributed by atoms with van der Waals surface area (Å²) in [5, 5.41) is 0. The molecular formula is C9H11ClF3N. The molecule has 0 aliphatic carbocycles. The average Bonchev–Trinajstić information content (AvgIpc) is 2.08. The van der Waals surface area contributed by atoms with E-state index in [1.165, 1.54) is 12.1 Å². The van der Waals surface area contributed by atoms with Crippen molar-refractivity contribution in [2.75, 3.05) is 0 Å². The standard InChI is InChI=1S/C9H10F3N.ClH/c1-5-2-3-7(10)6(4-5)8(13)9(11)12;/h2-4,8-9H,13H2,1H3;1H/t8-;/m1./s1. The maximum atomic E-state index is 13.0. The van der Waals surface area contributed by atoms with Crippen LogP contribution >= 0.6 is 12.4 Å². The highest BCUT2D eigenvalue weighted by molar-refractivity contribution is 5.85. The average molecular weight is 226 g/mol. The fraction of sp³-hybridized carbons (Fsp3) is 0.333. The normalized spacial score (nSPS) is 12.4. The molecule has 0 radical (unpaired) electrons. The quantitative estimate of drug-likeness (QED) is 0.823. The van der Waals surface area contributed by atoms with Gasteiger partial charge in [-0.25, -0.2) is 13.2 Å². The lowest BCUT2D eigenvalue weighted by atomic mass is 10.0. The van der Waals surface area contributed by atoms with Crippen LogP contribution in [0.1, 0.15) is 17.2 Å². The number of alkyl halides is 2. The van der Waals surface area contributed by atoms with E-state index in [0.717, 1.165) is 6.07 Å². The zero-order chi connectivity index (χ0) is 10.0. The molecule has 1 aromatic rings. The molecule has 2 N–H and O–H groups in total. The number of hydrogen-bond donors (Lipinski definition) is 1. The number of halogens is 4. The maximum absolute atomic E-state index is 13.0. The van der Waals surface area contributed by atoms with Gasteiger partial charge in [-0.3, -0.25) is 0 Å². The van der Waals surface area contributed by atoms with Gasteiger partial charge in [-0.1, -0.05) is 17.7 Å². The number of rotatable bonds is 2. The molecule has 0 saturated heterocycles. The highest BCUT2D eigenvalue weighted by atomic mass is 35.5. The van der Waals surface area contributed by atoms with Gasteiger partial charge in [0.1, 0.15) is 5.82 Å². The van der Waals surface area contributed by atoms with Crippen LogP contribution in [0.4, 0.5) is 13.2 Å². The predicted molar refractivity (Wildman–Crippen MR) is 51.3 cm³/mol. The summed E-state index contributed by atoms with van der Waals surface area (Å²) in [4.78, 5) is 0. The Labute approximate surface area is 86.5 Å². The second-order valence-electron chi connectivity index (χ2n) is 2.89. The molecule has 0 bridgehead atoms. The Morgan fingerprint density at radius 2 is 1.86 bits per heavy atom. The second kappa shape index (κ2) is 5.22. The van der Waals surface area contributed by atoms with Crippen molar-refractivity contribution in [1.82, 2.24) is 0 Å². The third-order valence-electron chi connectivity index (χ3n) is 1.78. The van der Waals surface area contributed by atoms with Crippen molar-refractivity contribution in [3.8, 4) is 0 Å². The Bertz CT molecular complexity index is 304. The molecule has 1 aromatic carbocycles. The van der Waals surface area contributed by atoms with Crippen LogP contribution in [0.5, 0.6) is 0 Å². The van der Waals surface area contributed by atoms with E-state index >= 15 is 0 Å². The SMILES string of the molecule is Cc1ccc(F)c([C@@H](N)C(F)F)c1.Cl. The zero-order valence-corrected chi connectivity index (χ0v) is 8.32. The summed E-state index contributed by atoms with van der Waals surface area (Å²) in [6.07, 6.45) is -2.74. The Morgan fingerprint density at radius 3 is 2.36 bits per heavy atom. The Balaban J connectivity index is 0.00000169. The molecule has 1 atom stereocenters. The van der Waals surface area contributed by atoms with E-state index in [9.17, 15) is 13.2 Å². The van der Waals surface area contributed by atoms with Crippen LogP contribution in [0.25, 0.3) is 0 Å². The number of hydrogen-bond acceptors (Lipinski definition) is 1. The van der Waals surface area contributed by atoms with Crippen molar-refractivity contribution in [3.63, 3.8) is 0 Å². The molecule has 0 saturated carbocycles. The van der Waals surface area contributed by atoms with E-state index in [1.54, 1.807) is 6.92 Å². The lowest BCUT2D eigenvalue weighted by molar-refractivity contribution is 0.115. The summed E-state index contributed by atoms with van der Waals surface area (Å²) >= 11 is 0. The van der Waals surface area contributed by atoms with Crippen molar-refractivity contribution in [1.29, 1.82) is 0 Å². The third kappa shape index (κ3) is 2.89. The molecule has 0 heterocycles. The predicted octanol–water partition coefficient (Wildman–Crippen LogP) is 2.82. The fourth-order valence-corrected chi connectivity index (χ4v) is 1.05. The minimum atomic E-state index is -2.74. The van der Waals surface area contributed by atoms with Crippen molar-refractivity contribution in [3.05, 3.63) is 35.1 Å². The third-order valence-corrected chi connectivity index (χ3v) is 1.78. The Hall–Kier alpha value is -0.740. The Morgan fingerprint density at radius 1 is 1.29 bits per heavy atom. The van der Waals surface area contributed by atoms with Crippen molar-refractivity contribution in [2.45, 2.75) is 19.4 Å². The van der Waals surface area contributed by atoms with Gasteiger partial charge in [0.15, 0.2) is 0 Å². The molecule has 0 amide bonds. The zero-order valence-electron chi connectivity index (χ0n) is 7.51. The van der Waals surface area contributed by atoms with E-state index in [0.29, 0.717) is 5.56 Å².